The highest BCUT2D eigenvalue weighted by atomic mass is 16.3. The van der Waals surface area contributed by atoms with Crippen LogP contribution in [0.2, 0.25) is 0 Å². The van der Waals surface area contributed by atoms with E-state index in [0.717, 1.165) is 17.8 Å². The monoisotopic (exact) mass is 269 g/mol. The number of rotatable bonds is 7. The molecule has 2 rings (SSSR count). The van der Waals surface area contributed by atoms with Gasteiger partial charge in [0.25, 0.3) is 0 Å². The van der Waals surface area contributed by atoms with Crippen molar-refractivity contribution in [2.24, 2.45) is 0 Å². The van der Waals surface area contributed by atoms with Crippen molar-refractivity contribution < 1.29 is 5.11 Å². The van der Waals surface area contributed by atoms with Gasteiger partial charge in [0.1, 0.15) is 5.75 Å². The number of nitrogens with one attached hydrogen (secondary N) is 1. The molecule has 0 radical (unpaired) electrons. The van der Waals surface area contributed by atoms with Gasteiger partial charge in [-0.25, -0.2) is 0 Å². The lowest BCUT2D eigenvalue weighted by atomic mass is 10.1. The summed E-state index contributed by atoms with van der Waals surface area (Å²) in [5.41, 5.74) is 3.71. The normalized spacial score (nSPS) is 10.4. The van der Waals surface area contributed by atoms with Gasteiger partial charge in [0.15, 0.2) is 0 Å². The summed E-state index contributed by atoms with van der Waals surface area (Å²) in [7, 11) is 0. The van der Waals surface area contributed by atoms with Crippen LogP contribution in [0.4, 0.5) is 5.69 Å². The Morgan fingerprint density at radius 1 is 0.850 bits per heavy atom. The second-order valence-corrected chi connectivity index (χ2v) is 5.17. The van der Waals surface area contributed by atoms with E-state index in [9.17, 15) is 5.11 Å². The van der Waals surface area contributed by atoms with E-state index in [1.54, 1.807) is 12.1 Å². The summed E-state index contributed by atoms with van der Waals surface area (Å²) in [5.74, 6) is 0.310. The zero-order chi connectivity index (χ0) is 14.2. The van der Waals surface area contributed by atoms with Gasteiger partial charge in [0.2, 0.25) is 0 Å². The van der Waals surface area contributed by atoms with E-state index in [1.807, 2.05) is 12.1 Å². The van der Waals surface area contributed by atoms with Crippen LogP contribution in [-0.2, 0) is 13.0 Å². The number of aromatic hydroxyl groups is 1. The zero-order valence-corrected chi connectivity index (χ0v) is 12.1. The van der Waals surface area contributed by atoms with Crippen LogP contribution in [0.5, 0.6) is 5.75 Å². The molecule has 0 aliphatic heterocycles. The van der Waals surface area contributed by atoms with Crippen molar-refractivity contribution >= 4 is 5.69 Å². The Hall–Kier alpha value is -1.96. The molecular formula is C18H23NO. The molecule has 0 bridgehead atoms. The minimum absolute atomic E-state index is 0.310. The molecule has 106 valence electrons. The maximum Gasteiger partial charge on any atom is 0.115 e. The maximum absolute atomic E-state index is 9.24. The average Bonchev–Trinajstić information content (AvgIpc) is 2.48. The minimum Gasteiger partial charge on any atom is -0.508 e. The number of benzene rings is 2. The van der Waals surface area contributed by atoms with Gasteiger partial charge in [0.05, 0.1) is 0 Å². The van der Waals surface area contributed by atoms with E-state index >= 15 is 0 Å². The van der Waals surface area contributed by atoms with Crippen LogP contribution in [0, 0.1) is 0 Å². The lowest BCUT2D eigenvalue weighted by Gasteiger charge is -2.08. The zero-order valence-electron chi connectivity index (χ0n) is 12.1. The topological polar surface area (TPSA) is 32.3 Å². The molecule has 0 saturated carbocycles. The fraction of sp³-hybridized carbons (Fsp3) is 0.333. The summed E-state index contributed by atoms with van der Waals surface area (Å²) in [6.07, 6.45) is 5.02. The number of anilines is 1. The highest BCUT2D eigenvalue weighted by molar-refractivity contribution is 5.45. The summed E-state index contributed by atoms with van der Waals surface area (Å²) in [4.78, 5) is 0. The molecule has 20 heavy (non-hydrogen) atoms. The first kappa shape index (κ1) is 14.4. The Kier molecular flexibility index (Phi) is 5.48. The highest BCUT2D eigenvalue weighted by Gasteiger charge is 1.96. The van der Waals surface area contributed by atoms with Crippen molar-refractivity contribution in [1.82, 2.24) is 0 Å². The van der Waals surface area contributed by atoms with Gasteiger partial charge in [0, 0.05) is 12.2 Å². The van der Waals surface area contributed by atoms with Crippen LogP contribution < -0.4 is 5.32 Å². The van der Waals surface area contributed by atoms with Crippen molar-refractivity contribution in [3.8, 4) is 5.75 Å². The van der Waals surface area contributed by atoms with E-state index in [-0.39, 0.29) is 0 Å². The molecule has 2 aromatic carbocycles. The predicted molar refractivity (Wildman–Crippen MR) is 85.1 cm³/mol. The fourth-order valence-corrected chi connectivity index (χ4v) is 2.19. The number of hydrogen-bond acceptors (Lipinski definition) is 2. The van der Waals surface area contributed by atoms with Gasteiger partial charge in [-0.15, -0.1) is 0 Å². The van der Waals surface area contributed by atoms with Gasteiger partial charge < -0.3 is 10.4 Å². The largest absolute Gasteiger partial charge is 0.508 e. The molecule has 2 N–H and O–H groups in total. The Bertz CT molecular complexity index is 502. The molecule has 2 nitrogen and oxygen atoms in total. The lowest BCUT2D eigenvalue weighted by molar-refractivity contribution is 0.475. The van der Waals surface area contributed by atoms with Crippen molar-refractivity contribution in [2.75, 3.05) is 5.32 Å². The standard InChI is InChI=1S/C18H23NO/c1-2-3-4-5-15-6-10-17(11-7-15)19-14-16-8-12-18(20)13-9-16/h6-13,19-20H,2-5,14H2,1H3. The molecule has 0 unspecified atom stereocenters. The van der Waals surface area contributed by atoms with Gasteiger partial charge in [-0.05, 0) is 48.2 Å². The number of phenolic OH excluding ortho intramolecular Hbond substituents is 1. The van der Waals surface area contributed by atoms with Crippen LogP contribution in [0.3, 0.4) is 0 Å². The molecular weight excluding hydrogens is 246 g/mol. The van der Waals surface area contributed by atoms with Crippen LogP contribution in [0.25, 0.3) is 0 Å². The van der Waals surface area contributed by atoms with E-state index in [0.29, 0.717) is 5.75 Å². The Morgan fingerprint density at radius 2 is 1.50 bits per heavy atom. The van der Waals surface area contributed by atoms with Crippen molar-refractivity contribution in [3.05, 3.63) is 59.7 Å². The van der Waals surface area contributed by atoms with E-state index < -0.39 is 0 Å². The van der Waals surface area contributed by atoms with E-state index in [4.69, 9.17) is 0 Å². The second-order valence-electron chi connectivity index (χ2n) is 5.17. The summed E-state index contributed by atoms with van der Waals surface area (Å²) in [5, 5.41) is 12.6. The Labute approximate surface area is 121 Å². The first-order valence-electron chi connectivity index (χ1n) is 7.38. The first-order chi connectivity index (χ1) is 9.78. The molecule has 0 aromatic heterocycles. The van der Waals surface area contributed by atoms with E-state index in [2.05, 4.69) is 36.5 Å². The van der Waals surface area contributed by atoms with Crippen LogP contribution in [0.15, 0.2) is 48.5 Å². The fourth-order valence-electron chi connectivity index (χ4n) is 2.19. The molecule has 0 atom stereocenters. The van der Waals surface area contributed by atoms with Crippen LogP contribution >= 0.6 is 0 Å². The average molecular weight is 269 g/mol. The molecule has 0 aliphatic carbocycles. The van der Waals surface area contributed by atoms with Crippen molar-refractivity contribution in [2.45, 2.75) is 39.2 Å². The third-order valence-corrected chi connectivity index (χ3v) is 3.46. The lowest BCUT2D eigenvalue weighted by Crippen LogP contribution is -1.99. The Morgan fingerprint density at radius 3 is 2.15 bits per heavy atom. The molecule has 0 spiro atoms. The molecule has 0 saturated heterocycles. The second kappa shape index (κ2) is 7.59. The highest BCUT2D eigenvalue weighted by Crippen LogP contribution is 2.15. The minimum atomic E-state index is 0.310. The van der Waals surface area contributed by atoms with Gasteiger partial charge >= 0.3 is 0 Å². The smallest absolute Gasteiger partial charge is 0.115 e. The molecule has 0 fully saturated rings. The van der Waals surface area contributed by atoms with E-state index in [1.165, 1.54) is 31.2 Å². The quantitative estimate of drug-likeness (QED) is 0.712. The summed E-state index contributed by atoms with van der Waals surface area (Å²) >= 11 is 0. The molecule has 0 amide bonds. The maximum atomic E-state index is 9.24. The molecule has 2 aromatic rings. The number of aryl methyl sites for hydroxylation is 1. The molecule has 2 heteroatoms. The molecule has 0 aliphatic rings. The Balaban J connectivity index is 1.82. The summed E-state index contributed by atoms with van der Waals surface area (Å²) in [6.45, 7) is 3.01. The molecule has 0 heterocycles. The van der Waals surface area contributed by atoms with Gasteiger partial charge in [-0.2, -0.15) is 0 Å². The van der Waals surface area contributed by atoms with Crippen LogP contribution in [-0.4, -0.2) is 5.11 Å². The number of hydrogen-bond donors (Lipinski definition) is 2. The third kappa shape index (κ3) is 4.61. The SMILES string of the molecule is CCCCCc1ccc(NCc2ccc(O)cc2)cc1. The number of phenols is 1. The van der Waals surface area contributed by atoms with Gasteiger partial charge in [-0.1, -0.05) is 44.0 Å². The summed E-state index contributed by atoms with van der Waals surface area (Å²) in [6, 6.07) is 16.0. The van der Waals surface area contributed by atoms with Crippen LogP contribution in [0.1, 0.15) is 37.3 Å². The van der Waals surface area contributed by atoms with Gasteiger partial charge in [-0.3, -0.25) is 0 Å². The van der Waals surface area contributed by atoms with Crippen molar-refractivity contribution in [3.63, 3.8) is 0 Å². The predicted octanol–water partition coefficient (Wildman–Crippen LogP) is 4.74. The number of unbranched alkanes of at least 4 members (excludes halogenated alkanes) is 2. The third-order valence-electron chi connectivity index (χ3n) is 3.46. The van der Waals surface area contributed by atoms with Crippen molar-refractivity contribution in [1.29, 1.82) is 0 Å². The first-order valence-corrected chi connectivity index (χ1v) is 7.38. The summed E-state index contributed by atoms with van der Waals surface area (Å²) < 4.78 is 0.